The Hall–Kier alpha value is -2.70. The molecule has 1 amide bonds. The third-order valence-electron chi connectivity index (χ3n) is 4.46. The molecule has 0 N–H and O–H groups in total. The standard InChI is InChI=1S/C20H27NO6/c1-5-27-20(23)15-7-6-10-21(13-15)18(22)9-8-14-11-16(24-2)19(26-4)17(12-14)25-3/h8-9,11-12,15H,5-7,10,13H2,1-4H3. The fourth-order valence-electron chi connectivity index (χ4n) is 3.10. The maximum absolute atomic E-state index is 12.5. The lowest BCUT2D eigenvalue weighted by atomic mass is 9.98. The summed E-state index contributed by atoms with van der Waals surface area (Å²) in [6, 6.07) is 3.53. The summed E-state index contributed by atoms with van der Waals surface area (Å²) in [7, 11) is 4.62. The number of hydrogen-bond acceptors (Lipinski definition) is 6. The van der Waals surface area contributed by atoms with Crippen LogP contribution in [0.4, 0.5) is 0 Å². The molecular weight excluding hydrogens is 350 g/mol. The minimum absolute atomic E-state index is 0.141. The second-order valence-corrected chi connectivity index (χ2v) is 6.17. The van der Waals surface area contributed by atoms with E-state index in [0.717, 1.165) is 18.4 Å². The zero-order valence-corrected chi connectivity index (χ0v) is 16.3. The summed E-state index contributed by atoms with van der Waals surface area (Å²) in [4.78, 5) is 26.1. The Labute approximate surface area is 159 Å². The van der Waals surface area contributed by atoms with Crippen LogP contribution in [0, 0.1) is 5.92 Å². The van der Waals surface area contributed by atoms with Gasteiger partial charge < -0.3 is 23.8 Å². The van der Waals surface area contributed by atoms with Gasteiger partial charge in [-0.3, -0.25) is 9.59 Å². The van der Waals surface area contributed by atoms with Gasteiger partial charge in [0.1, 0.15) is 0 Å². The summed E-state index contributed by atoms with van der Waals surface area (Å²) in [5.41, 5.74) is 0.747. The largest absolute Gasteiger partial charge is 0.493 e. The van der Waals surface area contributed by atoms with E-state index in [2.05, 4.69) is 0 Å². The summed E-state index contributed by atoms with van der Waals surface area (Å²) in [5, 5.41) is 0. The van der Waals surface area contributed by atoms with Crippen molar-refractivity contribution in [3.05, 3.63) is 23.8 Å². The molecule has 7 heteroatoms. The van der Waals surface area contributed by atoms with Crippen LogP contribution in [0.5, 0.6) is 17.2 Å². The Bertz CT molecular complexity index is 675. The van der Waals surface area contributed by atoms with Crippen molar-refractivity contribution >= 4 is 18.0 Å². The molecule has 0 radical (unpaired) electrons. The number of rotatable bonds is 7. The van der Waals surface area contributed by atoms with E-state index in [1.165, 1.54) is 13.2 Å². The van der Waals surface area contributed by atoms with Crippen molar-refractivity contribution in [3.8, 4) is 17.2 Å². The van der Waals surface area contributed by atoms with Crippen molar-refractivity contribution in [1.29, 1.82) is 0 Å². The molecule has 1 saturated heterocycles. The van der Waals surface area contributed by atoms with Crippen LogP contribution in [0.2, 0.25) is 0 Å². The van der Waals surface area contributed by atoms with E-state index in [1.54, 1.807) is 44.3 Å². The van der Waals surface area contributed by atoms with Gasteiger partial charge in [-0.05, 0) is 43.5 Å². The van der Waals surface area contributed by atoms with Gasteiger partial charge in [0.2, 0.25) is 11.7 Å². The van der Waals surface area contributed by atoms with Gasteiger partial charge in [0.15, 0.2) is 11.5 Å². The number of hydrogen-bond donors (Lipinski definition) is 0. The van der Waals surface area contributed by atoms with Crippen molar-refractivity contribution in [2.24, 2.45) is 5.92 Å². The normalized spacial score (nSPS) is 16.9. The average Bonchev–Trinajstić information content (AvgIpc) is 2.71. The van der Waals surface area contributed by atoms with E-state index in [0.29, 0.717) is 36.9 Å². The van der Waals surface area contributed by atoms with E-state index >= 15 is 0 Å². The van der Waals surface area contributed by atoms with Gasteiger partial charge in [0.05, 0.1) is 33.9 Å². The summed E-state index contributed by atoms with van der Waals surface area (Å²) >= 11 is 0. The first-order valence-corrected chi connectivity index (χ1v) is 8.97. The van der Waals surface area contributed by atoms with Crippen LogP contribution in [-0.2, 0) is 14.3 Å². The molecule has 1 aromatic rings. The lowest BCUT2D eigenvalue weighted by molar-refractivity contribution is -0.150. The summed E-state index contributed by atoms with van der Waals surface area (Å²) in [6.45, 7) is 3.15. The summed E-state index contributed by atoms with van der Waals surface area (Å²) in [6.07, 6.45) is 4.72. The number of ether oxygens (including phenoxy) is 4. The van der Waals surface area contributed by atoms with Gasteiger partial charge in [0.25, 0.3) is 0 Å². The van der Waals surface area contributed by atoms with Crippen molar-refractivity contribution in [2.45, 2.75) is 19.8 Å². The van der Waals surface area contributed by atoms with Crippen molar-refractivity contribution in [3.63, 3.8) is 0 Å². The third-order valence-corrected chi connectivity index (χ3v) is 4.46. The number of esters is 1. The molecule has 1 aromatic carbocycles. The average molecular weight is 377 g/mol. The summed E-state index contributed by atoms with van der Waals surface area (Å²) < 4.78 is 21.0. The topological polar surface area (TPSA) is 74.3 Å². The second-order valence-electron chi connectivity index (χ2n) is 6.17. The van der Waals surface area contributed by atoms with Gasteiger partial charge in [-0.1, -0.05) is 0 Å². The number of amides is 1. The van der Waals surface area contributed by atoms with Gasteiger partial charge in [-0.25, -0.2) is 0 Å². The van der Waals surface area contributed by atoms with E-state index in [-0.39, 0.29) is 17.8 Å². The molecule has 1 heterocycles. The molecular formula is C20H27NO6. The highest BCUT2D eigenvalue weighted by Crippen LogP contribution is 2.38. The quantitative estimate of drug-likeness (QED) is 0.537. The first-order valence-electron chi connectivity index (χ1n) is 8.97. The number of piperidine rings is 1. The number of carbonyl (C=O) groups is 2. The van der Waals surface area contributed by atoms with Crippen LogP contribution < -0.4 is 14.2 Å². The van der Waals surface area contributed by atoms with Crippen molar-refractivity contribution in [1.82, 2.24) is 4.90 Å². The highest BCUT2D eigenvalue weighted by Gasteiger charge is 2.28. The smallest absolute Gasteiger partial charge is 0.310 e. The Kier molecular flexibility index (Phi) is 7.52. The van der Waals surface area contributed by atoms with Gasteiger partial charge in [-0.15, -0.1) is 0 Å². The van der Waals surface area contributed by atoms with Crippen LogP contribution in [0.25, 0.3) is 6.08 Å². The number of methoxy groups -OCH3 is 3. The van der Waals surface area contributed by atoms with Gasteiger partial charge >= 0.3 is 5.97 Å². The molecule has 1 fully saturated rings. The zero-order chi connectivity index (χ0) is 19.8. The Morgan fingerprint density at radius 3 is 2.37 bits per heavy atom. The van der Waals surface area contributed by atoms with Crippen molar-refractivity contribution < 1.29 is 28.5 Å². The van der Waals surface area contributed by atoms with Crippen LogP contribution >= 0.6 is 0 Å². The number of likely N-dealkylation sites (tertiary alicyclic amines) is 1. The molecule has 0 saturated carbocycles. The highest BCUT2D eigenvalue weighted by molar-refractivity contribution is 5.92. The molecule has 0 aliphatic carbocycles. The highest BCUT2D eigenvalue weighted by atomic mass is 16.5. The Morgan fingerprint density at radius 2 is 1.81 bits per heavy atom. The lowest BCUT2D eigenvalue weighted by Gasteiger charge is -2.30. The van der Waals surface area contributed by atoms with Gasteiger partial charge in [-0.2, -0.15) is 0 Å². The predicted molar refractivity (Wildman–Crippen MR) is 101 cm³/mol. The third kappa shape index (κ3) is 5.15. The van der Waals surface area contributed by atoms with Crippen LogP contribution in [0.15, 0.2) is 18.2 Å². The molecule has 7 nitrogen and oxygen atoms in total. The molecule has 148 valence electrons. The predicted octanol–water partition coefficient (Wildman–Crippen LogP) is 2.53. The number of nitrogens with zero attached hydrogens (tertiary/aromatic N) is 1. The van der Waals surface area contributed by atoms with E-state index in [1.807, 2.05) is 0 Å². The lowest BCUT2D eigenvalue weighted by Crippen LogP contribution is -2.42. The van der Waals surface area contributed by atoms with E-state index in [4.69, 9.17) is 18.9 Å². The maximum Gasteiger partial charge on any atom is 0.310 e. The maximum atomic E-state index is 12.5. The monoisotopic (exact) mass is 377 g/mol. The first kappa shape index (κ1) is 20.6. The minimum atomic E-state index is -0.253. The number of benzene rings is 1. The molecule has 2 rings (SSSR count). The molecule has 1 aliphatic rings. The fraction of sp³-hybridized carbons (Fsp3) is 0.500. The number of carbonyl (C=O) groups excluding carboxylic acids is 2. The second kappa shape index (κ2) is 9.85. The van der Waals surface area contributed by atoms with E-state index in [9.17, 15) is 9.59 Å². The first-order chi connectivity index (χ1) is 13.0. The van der Waals surface area contributed by atoms with Crippen LogP contribution in [0.3, 0.4) is 0 Å². The van der Waals surface area contributed by atoms with Crippen LogP contribution in [-0.4, -0.2) is 57.8 Å². The van der Waals surface area contributed by atoms with Crippen molar-refractivity contribution in [2.75, 3.05) is 41.0 Å². The Balaban J connectivity index is 2.10. The molecule has 27 heavy (non-hydrogen) atoms. The fourth-order valence-corrected chi connectivity index (χ4v) is 3.10. The minimum Gasteiger partial charge on any atom is -0.493 e. The molecule has 0 aromatic heterocycles. The van der Waals surface area contributed by atoms with Gasteiger partial charge in [0, 0.05) is 19.2 Å². The Morgan fingerprint density at radius 1 is 1.15 bits per heavy atom. The SMILES string of the molecule is CCOC(=O)C1CCCN(C(=O)C=Cc2cc(OC)c(OC)c(OC)c2)C1. The zero-order valence-electron chi connectivity index (χ0n) is 16.3. The summed E-state index contributed by atoms with van der Waals surface area (Å²) in [5.74, 6) is 0.906. The van der Waals surface area contributed by atoms with Crippen LogP contribution in [0.1, 0.15) is 25.3 Å². The molecule has 0 bridgehead atoms. The molecule has 1 aliphatic heterocycles. The molecule has 0 spiro atoms. The molecule has 1 atom stereocenters. The molecule has 1 unspecified atom stereocenters. The van der Waals surface area contributed by atoms with E-state index < -0.39 is 0 Å².